The second-order valence-corrected chi connectivity index (χ2v) is 4.70. The van der Waals surface area contributed by atoms with Crippen LogP contribution in [0.5, 0.6) is 0 Å². The lowest BCUT2D eigenvalue weighted by molar-refractivity contribution is -0.120. The highest BCUT2D eigenvalue weighted by molar-refractivity contribution is 5.78. The fourth-order valence-electron chi connectivity index (χ4n) is 2.06. The van der Waals surface area contributed by atoms with Gasteiger partial charge < -0.3 is 15.4 Å². The summed E-state index contributed by atoms with van der Waals surface area (Å²) >= 11 is 0. The van der Waals surface area contributed by atoms with Crippen molar-refractivity contribution in [1.29, 1.82) is 0 Å². The second kappa shape index (κ2) is 6.52. The molecule has 2 N–H and O–H groups in total. The van der Waals surface area contributed by atoms with Crippen LogP contribution in [0.25, 0.3) is 0 Å². The van der Waals surface area contributed by atoms with Gasteiger partial charge in [-0.2, -0.15) is 0 Å². The number of aryl methyl sites for hydroxylation is 1. The van der Waals surface area contributed by atoms with Crippen molar-refractivity contribution >= 4 is 5.91 Å². The van der Waals surface area contributed by atoms with Gasteiger partial charge in [0, 0.05) is 19.1 Å². The van der Waals surface area contributed by atoms with E-state index in [0.29, 0.717) is 19.6 Å². The van der Waals surface area contributed by atoms with Crippen molar-refractivity contribution in [3.8, 4) is 0 Å². The van der Waals surface area contributed by atoms with Crippen LogP contribution >= 0.6 is 0 Å². The third-order valence-corrected chi connectivity index (χ3v) is 2.99. The molecule has 1 atom stereocenters. The highest BCUT2D eigenvalue weighted by atomic mass is 16.5. The lowest BCUT2D eigenvalue weighted by Gasteiger charge is -2.23. The Bertz CT molecular complexity index is 401. The van der Waals surface area contributed by atoms with Gasteiger partial charge in [0.15, 0.2) is 0 Å². The largest absolute Gasteiger partial charge is 0.378 e. The van der Waals surface area contributed by atoms with Crippen LogP contribution in [0.4, 0.5) is 0 Å². The van der Waals surface area contributed by atoms with E-state index in [1.807, 2.05) is 31.2 Å². The Morgan fingerprint density at radius 3 is 3.17 bits per heavy atom. The predicted octanol–water partition coefficient (Wildman–Crippen LogP) is 0.642. The Kier molecular flexibility index (Phi) is 4.73. The molecule has 0 aliphatic carbocycles. The van der Waals surface area contributed by atoms with Crippen LogP contribution in [0, 0.1) is 6.92 Å². The van der Waals surface area contributed by atoms with E-state index in [-0.39, 0.29) is 11.9 Å². The van der Waals surface area contributed by atoms with Crippen LogP contribution in [0.3, 0.4) is 0 Å². The fourth-order valence-corrected chi connectivity index (χ4v) is 2.06. The SMILES string of the molecule is Cc1cccc(CC(=O)NCC2COCCN2)c1. The zero-order valence-corrected chi connectivity index (χ0v) is 10.7. The molecule has 4 heteroatoms. The minimum Gasteiger partial charge on any atom is -0.378 e. The number of amides is 1. The molecule has 0 spiro atoms. The number of rotatable bonds is 4. The van der Waals surface area contributed by atoms with Crippen LogP contribution in [-0.4, -0.2) is 38.3 Å². The molecule has 18 heavy (non-hydrogen) atoms. The number of carbonyl (C=O) groups excluding carboxylic acids is 1. The van der Waals surface area contributed by atoms with Crippen LogP contribution in [0.1, 0.15) is 11.1 Å². The molecule has 0 radical (unpaired) electrons. The summed E-state index contributed by atoms with van der Waals surface area (Å²) in [5, 5.41) is 6.25. The molecule has 0 bridgehead atoms. The maximum Gasteiger partial charge on any atom is 0.224 e. The van der Waals surface area contributed by atoms with Gasteiger partial charge >= 0.3 is 0 Å². The van der Waals surface area contributed by atoms with Gasteiger partial charge in [-0.3, -0.25) is 4.79 Å². The summed E-state index contributed by atoms with van der Waals surface area (Å²) in [5.74, 6) is 0.0629. The molecule has 4 nitrogen and oxygen atoms in total. The molecule has 2 rings (SSSR count). The second-order valence-electron chi connectivity index (χ2n) is 4.70. The zero-order chi connectivity index (χ0) is 12.8. The van der Waals surface area contributed by atoms with Crippen molar-refractivity contribution in [1.82, 2.24) is 10.6 Å². The lowest BCUT2D eigenvalue weighted by atomic mass is 10.1. The molecule has 0 aromatic heterocycles. The van der Waals surface area contributed by atoms with Crippen LogP contribution < -0.4 is 10.6 Å². The molecular weight excluding hydrogens is 228 g/mol. The summed E-state index contributed by atoms with van der Waals surface area (Å²) < 4.78 is 5.33. The number of hydrogen-bond acceptors (Lipinski definition) is 3. The summed E-state index contributed by atoms with van der Waals surface area (Å²) in [5.41, 5.74) is 2.24. The third kappa shape index (κ3) is 4.13. The topological polar surface area (TPSA) is 50.4 Å². The van der Waals surface area contributed by atoms with Gasteiger partial charge in [-0.15, -0.1) is 0 Å². The number of hydrogen-bond donors (Lipinski definition) is 2. The van der Waals surface area contributed by atoms with Gasteiger partial charge in [0.05, 0.1) is 19.6 Å². The molecule has 1 fully saturated rings. The van der Waals surface area contributed by atoms with E-state index < -0.39 is 0 Å². The van der Waals surface area contributed by atoms with Crippen LogP contribution in [0.2, 0.25) is 0 Å². The van der Waals surface area contributed by atoms with Crippen molar-refractivity contribution in [2.45, 2.75) is 19.4 Å². The Hall–Kier alpha value is -1.39. The van der Waals surface area contributed by atoms with E-state index >= 15 is 0 Å². The minimum absolute atomic E-state index is 0.0629. The summed E-state index contributed by atoms with van der Waals surface area (Å²) in [6.45, 7) is 4.95. The average molecular weight is 248 g/mol. The molecule has 1 aliphatic heterocycles. The molecule has 1 amide bonds. The molecule has 1 aromatic rings. The molecular formula is C14H20N2O2. The standard InChI is InChI=1S/C14H20N2O2/c1-11-3-2-4-12(7-11)8-14(17)16-9-13-10-18-6-5-15-13/h2-4,7,13,15H,5-6,8-10H2,1H3,(H,16,17). The van der Waals surface area contributed by atoms with Gasteiger partial charge in [-0.25, -0.2) is 0 Å². The first-order chi connectivity index (χ1) is 8.74. The van der Waals surface area contributed by atoms with Gasteiger partial charge in [0.2, 0.25) is 5.91 Å². The van der Waals surface area contributed by atoms with E-state index in [1.54, 1.807) is 0 Å². The molecule has 0 saturated carbocycles. The Labute approximate surface area is 108 Å². The van der Waals surface area contributed by atoms with Crippen molar-refractivity contribution < 1.29 is 9.53 Å². The average Bonchev–Trinajstić information content (AvgIpc) is 2.38. The van der Waals surface area contributed by atoms with Gasteiger partial charge in [-0.05, 0) is 12.5 Å². The van der Waals surface area contributed by atoms with Crippen molar-refractivity contribution in [3.63, 3.8) is 0 Å². The molecule has 1 heterocycles. The normalized spacial score (nSPS) is 19.5. The van der Waals surface area contributed by atoms with Crippen molar-refractivity contribution in [2.75, 3.05) is 26.3 Å². The molecule has 1 saturated heterocycles. The van der Waals surface area contributed by atoms with Crippen molar-refractivity contribution in [3.05, 3.63) is 35.4 Å². The van der Waals surface area contributed by atoms with Crippen LogP contribution in [-0.2, 0) is 16.0 Å². The van der Waals surface area contributed by atoms with E-state index in [1.165, 1.54) is 5.56 Å². The Balaban J connectivity index is 1.74. The molecule has 98 valence electrons. The summed E-state index contributed by atoms with van der Waals surface area (Å²) in [6, 6.07) is 8.27. The summed E-state index contributed by atoms with van der Waals surface area (Å²) in [7, 11) is 0. The minimum atomic E-state index is 0.0629. The molecule has 1 unspecified atom stereocenters. The first-order valence-corrected chi connectivity index (χ1v) is 6.37. The zero-order valence-electron chi connectivity index (χ0n) is 10.7. The first-order valence-electron chi connectivity index (χ1n) is 6.37. The highest BCUT2D eigenvalue weighted by Gasteiger charge is 2.13. The third-order valence-electron chi connectivity index (χ3n) is 2.99. The quantitative estimate of drug-likeness (QED) is 0.822. The maximum absolute atomic E-state index is 11.8. The monoisotopic (exact) mass is 248 g/mol. The first kappa shape index (κ1) is 13.1. The Morgan fingerprint density at radius 2 is 2.44 bits per heavy atom. The van der Waals surface area contributed by atoms with Crippen molar-refractivity contribution in [2.24, 2.45) is 0 Å². The highest BCUT2D eigenvalue weighted by Crippen LogP contribution is 2.04. The number of nitrogens with one attached hydrogen (secondary N) is 2. The smallest absolute Gasteiger partial charge is 0.224 e. The number of ether oxygens (including phenoxy) is 1. The Morgan fingerprint density at radius 1 is 1.56 bits per heavy atom. The maximum atomic E-state index is 11.8. The van der Waals surface area contributed by atoms with E-state index in [4.69, 9.17) is 4.74 Å². The van der Waals surface area contributed by atoms with E-state index in [0.717, 1.165) is 18.7 Å². The van der Waals surface area contributed by atoms with Crippen LogP contribution in [0.15, 0.2) is 24.3 Å². The van der Waals surface area contributed by atoms with E-state index in [9.17, 15) is 4.79 Å². The fraction of sp³-hybridized carbons (Fsp3) is 0.500. The van der Waals surface area contributed by atoms with Gasteiger partial charge in [0.25, 0.3) is 0 Å². The lowest BCUT2D eigenvalue weighted by Crippen LogP contribution is -2.48. The number of carbonyl (C=O) groups is 1. The molecule has 1 aliphatic rings. The summed E-state index contributed by atoms with van der Waals surface area (Å²) in [6.07, 6.45) is 0.440. The van der Waals surface area contributed by atoms with Gasteiger partial charge in [-0.1, -0.05) is 29.8 Å². The summed E-state index contributed by atoms with van der Waals surface area (Å²) in [4.78, 5) is 11.8. The van der Waals surface area contributed by atoms with Gasteiger partial charge in [0.1, 0.15) is 0 Å². The number of morpholine rings is 1. The number of benzene rings is 1. The predicted molar refractivity (Wildman–Crippen MR) is 70.5 cm³/mol. The molecule has 1 aromatic carbocycles. The van der Waals surface area contributed by atoms with E-state index in [2.05, 4.69) is 10.6 Å².